The molecular formula is C22H30N4O3SSi. The van der Waals surface area contributed by atoms with Gasteiger partial charge in [-0.1, -0.05) is 38.6 Å². The molecule has 1 aromatic carbocycles. The third kappa shape index (κ3) is 5.72. The van der Waals surface area contributed by atoms with Crippen LogP contribution in [-0.4, -0.2) is 42.4 Å². The second-order valence-corrected chi connectivity index (χ2v) is 14.5. The lowest BCUT2D eigenvalue weighted by atomic mass is 10.2. The van der Waals surface area contributed by atoms with Crippen molar-refractivity contribution in [3.63, 3.8) is 0 Å². The first-order valence-corrected chi connectivity index (χ1v) is 14.4. The Balaban J connectivity index is 1.65. The molecule has 0 amide bonds. The molecule has 0 aliphatic carbocycles. The van der Waals surface area contributed by atoms with Crippen molar-refractivity contribution in [1.29, 1.82) is 0 Å². The fourth-order valence-electron chi connectivity index (χ4n) is 2.73. The molecule has 0 aliphatic heterocycles. The van der Waals surface area contributed by atoms with Gasteiger partial charge < -0.3 is 14.2 Å². The van der Waals surface area contributed by atoms with Crippen molar-refractivity contribution in [2.45, 2.75) is 57.0 Å². The quantitative estimate of drug-likeness (QED) is 0.199. The number of aromatic nitrogens is 3. The van der Waals surface area contributed by atoms with Crippen LogP contribution in [0.4, 0.5) is 5.82 Å². The number of hydrogen-bond donors (Lipinski definition) is 1. The van der Waals surface area contributed by atoms with Gasteiger partial charge in [0.2, 0.25) is 0 Å². The van der Waals surface area contributed by atoms with Crippen LogP contribution in [0.15, 0.2) is 34.0 Å². The Kier molecular flexibility index (Phi) is 7.18. The summed E-state index contributed by atoms with van der Waals surface area (Å²) in [5.41, 5.74) is 3.01. The minimum atomic E-state index is -1.78. The van der Waals surface area contributed by atoms with Crippen LogP contribution in [0, 0.1) is 0 Å². The van der Waals surface area contributed by atoms with Gasteiger partial charge in [-0.3, -0.25) is 4.79 Å². The second-order valence-electron chi connectivity index (χ2n) is 8.90. The molecule has 7 nitrogen and oxygen atoms in total. The Morgan fingerprint density at radius 3 is 2.71 bits per heavy atom. The number of hydrogen-bond acceptors (Lipinski definition) is 8. The van der Waals surface area contributed by atoms with Crippen LogP contribution in [0.2, 0.25) is 18.1 Å². The van der Waals surface area contributed by atoms with Crippen molar-refractivity contribution >= 4 is 43.3 Å². The maximum atomic E-state index is 11.3. The Hall–Kier alpha value is -2.23. The highest BCUT2D eigenvalue weighted by Gasteiger charge is 2.36. The highest BCUT2D eigenvalue weighted by atomic mass is 32.2. The summed E-state index contributed by atoms with van der Waals surface area (Å²) < 4.78 is 12.2. The number of fused-ring (bicyclic) bond motifs is 1. The molecule has 0 unspecified atom stereocenters. The number of aldehydes is 1. The molecular weight excluding hydrogens is 428 g/mol. The van der Waals surface area contributed by atoms with Gasteiger partial charge in [0.25, 0.3) is 0 Å². The van der Waals surface area contributed by atoms with E-state index in [9.17, 15) is 4.79 Å². The van der Waals surface area contributed by atoms with Gasteiger partial charge in [-0.05, 0) is 42.1 Å². The van der Waals surface area contributed by atoms with E-state index in [1.54, 1.807) is 0 Å². The van der Waals surface area contributed by atoms with Crippen molar-refractivity contribution in [2.75, 3.05) is 18.2 Å². The molecule has 0 fully saturated rings. The molecule has 0 bridgehead atoms. The summed E-state index contributed by atoms with van der Waals surface area (Å²) in [6, 6.07) is 5.90. The lowest BCUT2D eigenvalue weighted by Gasteiger charge is -2.36. The van der Waals surface area contributed by atoms with Crippen LogP contribution >= 0.6 is 11.8 Å². The van der Waals surface area contributed by atoms with Crippen molar-refractivity contribution in [3.05, 3.63) is 41.4 Å². The number of nitrogens with one attached hydrogen (secondary N) is 1. The summed E-state index contributed by atoms with van der Waals surface area (Å²) in [5, 5.41) is 4.01. The van der Waals surface area contributed by atoms with Crippen molar-refractivity contribution in [3.8, 4) is 0 Å². The van der Waals surface area contributed by atoms with Crippen LogP contribution < -0.4 is 5.32 Å². The standard InChI is InChI=1S/C22H30N4O3SSi/c1-22(2,3)31(5,6)28-10-9-19-25-17-8-7-15(11-18(17)29-19)12-23-20-16(14-27)13-24-21(26-20)30-4/h7-8,11,13-14H,9-10,12H2,1-6H3,(H,23,24,26). The molecule has 0 saturated heterocycles. The summed E-state index contributed by atoms with van der Waals surface area (Å²) >= 11 is 1.43. The second kappa shape index (κ2) is 9.50. The fourth-order valence-corrected chi connectivity index (χ4v) is 4.12. The molecule has 0 aliphatic rings. The minimum Gasteiger partial charge on any atom is -0.441 e. The zero-order valence-corrected chi connectivity index (χ0v) is 20.8. The average molecular weight is 459 g/mol. The zero-order chi connectivity index (χ0) is 22.6. The lowest BCUT2D eigenvalue weighted by Crippen LogP contribution is -2.41. The minimum absolute atomic E-state index is 0.181. The van der Waals surface area contributed by atoms with Crippen LogP contribution in [-0.2, 0) is 17.4 Å². The van der Waals surface area contributed by atoms with E-state index in [0.29, 0.717) is 42.0 Å². The summed E-state index contributed by atoms with van der Waals surface area (Å²) in [6.07, 6.45) is 4.83. The number of oxazole rings is 1. The van der Waals surface area contributed by atoms with E-state index in [4.69, 9.17) is 8.84 Å². The monoisotopic (exact) mass is 458 g/mol. The Labute approximate surface area is 188 Å². The van der Waals surface area contributed by atoms with Crippen LogP contribution in [0.1, 0.15) is 42.6 Å². The van der Waals surface area contributed by atoms with Gasteiger partial charge >= 0.3 is 0 Å². The molecule has 3 rings (SSSR count). The van der Waals surface area contributed by atoms with Gasteiger partial charge in [0.1, 0.15) is 11.3 Å². The van der Waals surface area contributed by atoms with Crippen LogP contribution in [0.25, 0.3) is 11.1 Å². The SMILES string of the molecule is CSc1ncc(C=O)c(NCc2ccc3nc(CCO[Si](C)(C)C(C)(C)C)oc3c2)n1. The molecule has 0 atom stereocenters. The average Bonchev–Trinajstić information content (AvgIpc) is 3.12. The Morgan fingerprint density at radius 2 is 2.03 bits per heavy atom. The fraction of sp³-hybridized carbons (Fsp3) is 0.455. The maximum Gasteiger partial charge on any atom is 0.197 e. The number of carbonyl (C=O) groups excluding carboxylic acids is 1. The number of carbonyl (C=O) groups is 1. The van der Waals surface area contributed by atoms with Gasteiger partial charge in [-0.25, -0.2) is 15.0 Å². The van der Waals surface area contributed by atoms with Crippen molar-refractivity contribution < 1.29 is 13.6 Å². The summed E-state index contributed by atoms with van der Waals surface area (Å²) in [6.45, 7) is 12.3. The first kappa shape index (κ1) is 23.4. The lowest BCUT2D eigenvalue weighted by molar-refractivity contribution is 0.112. The molecule has 31 heavy (non-hydrogen) atoms. The first-order valence-electron chi connectivity index (χ1n) is 10.3. The summed E-state index contributed by atoms with van der Waals surface area (Å²) in [4.78, 5) is 24.4. The highest BCUT2D eigenvalue weighted by Crippen LogP contribution is 2.36. The predicted molar refractivity (Wildman–Crippen MR) is 127 cm³/mol. The van der Waals surface area contributed by atoms with E-state index >= 15 is 0 Å². The predicted octanol–water partition coefficient (Wildman–Crippen LogP) is 5.33. The van der Waals surface area contributed by atoms with Gasteiger partial charge in [-0.2, -0.15) is 0 Å². The third-order valence-electron chi connectivity index (χ3n) is 5.65. The molecule has 1 N–H and O–H groups in total. The van der Waals surface area contributed by atoms with Gasteiger partial charge in [0, 0.05) is 25.8 Å². The largest absolute Gasteiger partial charge is 0.441 e. The summed E-state index contributed by atoms with van der Waals surface area (Å²) in [7, 11) is -1.78. The number of nitrogens with zero attached hydrogens (tertiary/aromatic N) is 3. The first-order chi connectivity index (χ1) is 14.6. The number of anilines is 1. The molecule has 0 radical (unpaired) electrons. The van der Waals surface area contributed by atoms with Gasteiger partial charge in [0.05, 0.1) is 5.56 Å². The van der Waals surface area contributed by atoms with E-state index < -0.39 is 8.32 Å². The normalized spacial score (nSPS) is 12.3. The zero-order valence-electron chi connectivity index (χ0n) is 19.0. The molecule has 2 aromatic heterocycles. The molecule has 9 heteroatoms. The Morgan fingerprint density at radius 1 is 1.26 bits per heavy atom. The van der Waals surface area contributed by atoms with Crippen LogP contribution in [0.3, 0.4) is 0 Å². The number of benzene rings is 1. The van der Waals surface area contributed by atoms with E-state index in [-0.39, 0.29) is 5.04 Å². The third-order valence-corrected chi connectivity index (χ3v) is 10.7. The molecule has 0 saturated carbocycles. The highest BCUT2D eigenvalue weighted by molar-refractivity contribution is 7.98. The van der Waals surface area contributed by atoms with E-state index in [2.05, 4.69) is 54.1 Å². The molecule has 2 heterocycles. The topological polar surface area (TPSA) is 90.1 Å². The van der Waals surface area contributed by atoms with Gasteiger partial charge in [0.15, 0.2) is 31.2 Å². The van der Waals surface area contributed by atoms with E-state index in [0.717, 1.165) is 22.9 Å². The van der Waals surface area contributed by atoms with Crippen LogP contribution in [0.5, 0.6) is 0 Å². The van der Waals surface area contributed by atoms with E-state index in [1.807, 2.05) is 24.5 Å². The smallest absolute Gasteiger partial charge is 0.197 e. The number of rotatable bonds is 9. The summed E-state index contributed by atoms with van der Waals surface area (Å²) in [5.74, 6) is 1.21. The van der Waals surface area contributed by atoms with E-state index in [1.165, 1.54) is 18.0 Å². The van der Waals surface area contributed by atoms with Gasteiger partial charge in [-0.15, -0.1) is 0 Å². The number of thioether (sulfide) groups is 1. The van der Waals surface area contributed by atoms with Crippen molar-refractivity contribution in [1.82, 2.24) is 15.0 Å². The Bertz CT molecular complexity index is 1060. The maximum absolute atomic E-state index is 11.3. The molecule has 0 spiro atoms. The molecule has 3 aromatic rings. The van der Waals surface area contributed by atoms with Crippen molar-refractivity contribution in [2.24, 2.45) is 0 Å². The molecule has 166 valence electrons.